The van der Waals surface area contributed by atoms with Gasteiger partial charge in [0.25, 0.3) is 0 Å². The van der Waals surface area contributed by atoms with Crippen molar-refractivity contribution in [2.45, 2.75) is 27.3 Å². The van der Waals surface area contributed by atoms with E-state index in [0.29, 0.717) is 35.6 Å². The Morgan fingerprint density at radius 2 is 1.86 bits per heavy atom. The second kappa shape index (κ2) is 6.18. The van der Waals surface area contributed by atoms with Crippen LogP contribution < -0.4 is 5.32 Å². The normalized spacial score (nSPS) is 10.5. The van der Waals surface area contributed by atoms with Crippen LogP contribution in [0.4, 0.5) is 10.2 Å². The summed E-state index contributed by atoms with van der Waals surface area (Å²) in [5.74, 6) is 0.648. The molecule has 0 atom stereocenters. The number of hydrogen-bond donors (Lipinski definition) is 1. The molecule has 0 saturated carbocycles. The largest absolute Gasteiger partial charge is 0.365 e. The number of carbonyl (C=O) groups excluding carboxylic acids is 1. The minimum Gasteiger partial charge on any atom is -0.365 e. The summed E-state index contributed by atoms with van der Waals surface area (Å²) in [6.07, 6.45) is 0.616. The van der Waals surface area contributed by atoms with E-state index in [2.05, 4.69) is 15.3 Å². The lowest BCUT2D eigenvalue weighted by Crippen LogP contribution is -2.08. The lowest BCUT2D eigenvalue weighted by Gasteiger charge is -2.11. The molecule has 2 rings (SSSR count). The summed E-state index contributed by atoms with van der Waals surface area (Å²) in [6.45, 7) is 5.54. The van der Waals surface area contributed by atoms with Gasteiger partial charge in [0.1, 0.15) is 22.6 Å². The fraction of sp³-hybridized carbons (Fsp3) is 0.267. The first-order valence-electron chi connectivity index (χ1n) is 6.41. The Kier molecular flexibility index (Phi) is 4.53. The molecule has 0 saturated heterocycles. The molecule has 6 heteroatoms. The van der Waals surface area contributed by atoms with Gasteiger partial charge in [-0.2, -0.15) is 0 Å². The molecule has 1 aromatic heterocycles. The van der Waals surface area contributed by atoms with Crippen LogP contribution in [-0.2, 0) is 6.54 Å². The lowest BCUT2D eigenvalue weighted by molar-refractivity contribution is 0.112. The van der Waals surface area contributed by atoms with Crippen molar-refractivity contribution in [3.63, 3.8) is 0 Å². The summed E-state index contributed by atoms with van der Waals surface area (Å²) in [5.41, 5.74) is 2.28. The van der Waals surface area contributed by atoms with Crippen molar-refractivity contribution in [1.82, 2.24) is 9.97 Å². The second-order valence-corrected chi connectivity index (χ2v) is 5.20. The number of nitrogens with zero attached hydrogens (tertiary/aromatic N) is 2. The first-order chi connectivity index (χ1) is 9.92. The van der Waals surface area contributed by atoms with E-state index in [1.54, 1.807) is 32.9 Å². The second-order valence-electron chi connectivity index (χ2n) is 4.84. The summed E-state index contributed by atoms with van der Waals surface area (Å²) in [5, 5.41) is 3.16. The number of aryl methyl sites for hydroxylation is 3. The Morgan fingerprint density at radius 1 is 1.24 bits per heavy atom. The molecule has 1 heterocycles. The van der Waals surface area contributed by atoms with Crippen LogP contribution in [0.5, 0.6) is 0 Å². The van der Waals surface area contributed by atoms with E-state index < -0.39 is 0 Å². The average Bonchev–Trinajstić information content (AvgIpc) is 2.41. The third-order valence-corrected chi connectivity index (χ3v) is 3.37. The summed E-state index contributed by atoms with van der Waals surface area (Å²) in [6, 6.07) is 3.51. The number of rotatable bonds is 4. The zero-order valence-electron chi connectivity index (χ0n) is 12.0. The number of halogens is 2. The third kappa shape index (κ3) is 3.36. The first kappa shape index (κ1) is 15.4. The Morgan fingerprint density at radius 3 is 2.43 bits per heavy atom. The van der Waals surface area contributed by atoms with E-state index in [1.807, 2.05) is 0 Å². The first-order valence-corrected chi connectivity index (χ1v) is 6.79. The molecule has 0 bridgehead atoms. The Balaban J connectivity index is 2.26. The van der Waals surface area contributed by atoms with E-state index in [1.165, 1.54) is 0 Å². The van der Waals surface area contributed by atoms with Gasteiger partial charge < -0.3 is 5.32 Å². The maximum atomic E-state index is 13.6. The minimum atomic E-state index is -0.201. The standard InChI is InChI=1S/C15H15ClFN3O/c1-8-4-11(5-9(2)13(8)17)6-18-15-12(7-21)14(16)19-10(3)20-15/h4-5,7H,6H2,1-3H3,(H,18,19,20). The Hall–Kier alpha value is -2.01. The van der Waals surface area contributed by atoms with Gasteiger partial charge in [0.15, 0.2) is 6.29 Å². The number of nitrogens with one attached hydrogen (secondary N) is 1. The molecule has 0 radical (unpaired) electrons. The molecule has 0 fully saturated rings. The van der Waals surface area contributed by atoms with E-state index >= 15 is 0 Å². The predicted molar refractivity (Wildman–Crippen MR) is 80.4 cm³/mol. The van der Waals surface area contributed by atoms with Crippen molar-refractivity contribution in [3.8, 4) is 0 Å². The van der Waals surface area contributed by atoms with Crippen LogP contribution in [0, 0.1) is 26.6 Å². The van der Waals surface area contributed by atoms with Crippen LogP contribution >= 0.6 is 11.6 Å². The van der Waals surface area contributed by atoms with E-state index in [4.69, 9.17) is 11.6 Å². The maximum absolute atomic E-state index is 13.6. The third-order valence-electron chi connectivity index (χ3n) is 3.08. The van der Waals surface area contributed by atoms with Crippen molar-refractivity contribution < 1.29 is 9.18 Å². The quantitative estimate of drug-likeness (QED) is 0.692. The molecular formula is C15H15ClFN3O. The molecule has 0 aliphatic rings. The van der Waals surface area contributed by atoms with Crippen molar-refractivity contribution >= 4 is 23.7 Å². The number of aromatic nitrogens is 2. The molecule has 0 aliphatic heterocycles. The molecule has 0 spiro atoms. The number of aldehydes is 1. The van der Waals surface area contributed by atoms with Crippen molar-refractivity contribution in [3.05, 3.63) is 51.2 Å². The highest BCUT2D eigenvalue weighted by Gasteiger charge is 2.11. The molecule has 0 aliphatic carbocycles. The fourth-order valence-corrected chi connectivity index (χ4v) is 2.37. The van der Waals surface area contributed by atoms with Gasteiger partial charge in [0.05, 0.1) is 5.56 Å². The topological polar surface area (TPSA) is 54.9 Å². The summed E-state index contributed by atoms with van der Waals surface area (Å²) >= 11 is 5.92. The number of benzene rings is 1. The Bertz CT molecular complexity index is 681. The fourth-order valence-electron chi connectivity index (χ4n) is 2.11. The smallest absolute Gasteiger partial charge is 0.156 e. The zero-order chi connectivity index (χ0) is 15.6. The lowest BCUT2D eigenvalue weighted by atomic mass is 10.1. The van der Waals surface area contributed by atoms with Gasteiger partial charge >= 0.3 is 0 Å². The zero-order valence-corrected chi connectivity index (χ0v) is 12.8. The van der Waals surface area contributed by atoms with Crippen molar-refractivity contribution in [1.29, 1.82) is 0 Å². The summed E-state index contributed by atoms with van der Waals surface area (Å²) in [4.78, 5) is 19.2. The Labute approximate surface area is 127 Å². The van der Waals surface area contributed by atoms with Gasteiger partial charge in [-0.3, -0.25) is 4.79 Å². The molecule has 1 aromatic carbocycles. The molecule has 4 nitrogen and oxygen atoms in total. The van der Waals surface area contributed by atoms with Gasteiger partial charge in [0, 0.05) is 6.54 Å². The number of carbonyl (C=O) groups is 1. The van der Waals surface area contributed by atoms with Crippen LogP contribution in [0.3, 0.4) is 0 Å². The average molecular weight is 308 g/mol. The van der Waals surface area contributed by atoms with E-state index in [-0.39, 0.29) is 16.5 Å². The number of anilines is 1. The predicted octanol–water partition coefficient (Wildman–Crippen LogP) is 3.62. The highest BCUT2D eigenvalue weighted by molar-refractivity contribution is 6.32. The van der Waals surface area contributed by atoms with Crippen LogP contribution in [0.25, 0.3) is 0 Å². The highest BCUT2D eigenvalue weighted by Crippen LogP contribution is 2.20. The van der Waals surface area contributed by atoms with Crippen LogP contribution in [0.2, 0.25) is 5.15 Å². The molecule has 0 unspecified atom stereocenters. The number of hydrogen-bond acceptors (Lipinski definition) is 4. The van der Waals surface area contributed by atoms with E-state index in [9.17, 15) is 9.18 Å². The maximum Gasteiger partial charge on any atom is 0.156 e. The summed E-state index contributed by atoms with van der Waals surface area (Å²) in [7, 11) is 0. The van der Waals surface area contributed by atoms with Crippen molar-refractivity contribution in [2.24, 2.45) is 0 Å². The minimum absolute atomic E-state index is 0.117. The molecule has 21 heavy (non-hydrogen) atoms. The SMILES string of the molecule is Cc1nc(Cl)c(C=O)c(NCc2cc(C)c(F)c(C)c2)n1. The van der Waals surface area contributed by atoms with E-state index in [0.717, 1.165) is 5.56 Å². The van der Waals surface area contributed by atoms with Gasteiger partial charge in [-0.1, -0.05) is 23.7 Å². The molecule has 2 aromatic rings. The monoisotopic (exact) mass is 307 g/mol. The molecule has 0 amide bonds. The highest BCUT2D eigenvalue weighted by atomic mass is 35.5. The van der Waals surface area contributed by atoms with Gasteiger partial charge in [0.2, 0.25) is 0 Å². The van der Waals surface area contributed by atoms with Crippen LogP contribution in [0.15, 0.2) is 12.1 Å². The van der Waals surface area contributed by atoms with Gasteiger partial charge in [-0.25, -0.2) is 14.4 Å². The van der Waals surface area contributed by atoms with Gasteiger partial charge in [-0.05, 0) is 37.5 Å². The molecule has 1 N–H and O–H groups in total. The van der Waals surface area contributed by atoms with Crippen molar-refractivity contribution in [2.75, 3.05) is 5.32 Å². The van der Waals surface area contributed by atoms with Crippen LogP contribution in [0.1, 0.15) is 32.9 Å². The van der Waals surface area contributed by atoms with Crippen LogP contribution in [-0.4, -0.2) is 16.3 Å². The summed E-state index contributed by atoms with van der Waals surface area (Å²) < 4.78 is 13.6. The molecule has 110 valence electrons. The molecular weight excluding hydrogens is 293 g/mol. The van der Waals surface area contributed by atoms with Gasteiger partial charge in [-0.15, -0.1) is 0 Å².